The highest BCUT2D eigenvalue weighted by atomic mass is 32.2. The topological polar surface area (TPSA) is 69.7 Å². The first kappa shape index (κ1) is 21.3. The van der Waals surface area contributed by atoms with Gasteiger partial charge in [-0.3, -0.25) is 9.69 Å². The standard InChI is InChI=1S/C21H33N3O3S/c1-23(19-9-5-2-3-6-10-19)17-21(25)22-18-11-13-20(14-12-18)28(26,27)24-15-7-4-8-16-24/h11-14,19H,2-10,15-17H2,1H3,(H,22,25). The van der Waals surface area contributed by atoms with Gasteiger partial charge >= 0.3 is 0 Å². The fourth-order valence-corrected chi connectivity index (χ4v) is 5.74. The summed E-state index contributed by atoms with van der Waals surface area (Å²) in [6.45, 7) is 1.54. The second-order valence-electron chi connectivity index (χ2n) is 8.10. The van der Waals surface area contributed by atoms with E-state index in [1.165, 1.54) is 25.7 Å². The molecule has 2 fully saturated rings. The molecule has 0 atom stereocenters. The van der Waals surface area contributed by atoms with Crippen molar-refractivity contribution in [2.45, 2.75) is 68.7 Å². The van der Waals surface area contributed by atoms with Gasteiger partial charge in [0.25, 0.3) is 0 Å². The highest BCUT2D eigenvalue weighted by molar-refractivity contribution is 7.89. The van der Waals surface area contributed by atoms with Gasteiger partial charge in [0.2, 0.25) is 15.9 Å². The molecule has 28 heavy (non-hydrogen) atoms. The van der Waals surface area contributed by atoms with Crippen LogP contribution in [0.5, 0.6) is 0 Å². The summed E-state index contributed by atoms with van der Waals surface area (Å²) in [6, 6.07) is 7.02. The van der Waals surface area contributed by atoms with Crippen LogP contribution in [-0.2, 0) is 14.8 Å². The lowest BCUT2D eigenvalue weighted by Gasteiger charge is -2.26. The van der Waals surface area contributed by atoms with Crippen LogP contribution < -0.4 is 5.32 Å². The van der Waals surface area contributed by atoms with E-state index in [2.05, 4.69) is 10.2 Å². The second-order valence-corrected chi connectivity index (χ2v) is 10.0. The average Bonchev–Trinajstić information content (AvgIpc) is 2.98. The number of carbonyl (C=O) groups excluding carboxylic acids is 1. The van der Waals surface area contributed by atoms with Crippen LogP contribution in [0.15, 0.2) is 29.2 Å². The zero-order chi connectivity index (χ0) is 20.0. The van der Waals surface area contributed by atoms with Crippen LogP contribution in [0.2, 0.25) is 0 Å². The molecule has 1 N–H and O–H groups in total. The average molecular weight is 408 g/mol. The lowest BCUT2D eigenvalue weighted by molar-refractivity contribution is -0.117. The summed E-state index contributed by atoms with van der Waals surface area (Å²) in [4.78, 5) is 14.8. The first-order valence-electron chi connectivity index (χ1n) is 10.6. The maximum atomic E-state index is 12.7. The third-order valence-corrected chi connectivity index (χ3v) is 7.84. The number of piperidine rings is 1. The van der Waals surface area contributed by atoms with Crippen molar-refractivity contribution < 1.29 is 13.2 Å². The van der Waals surface area contributed by atoms with Crippen molar-refractivity contribution in [1.29, 1.82) is 0 Å². The van der Waals surface area contributed by atoms with Gasteiger partial charge in [-0.15, -0.1) is 0 Å². The number of rotatable bonds is 6. The SMILES string of the molecule is CN(CC(=O)Nc1ccc(S(=O)(=O)N2CCCCC2)cc1)C1CCCCCC1. The van der Waals surface area contributed by atoms with Crippen molar-refractivity contribution in [2.75, 3.05) is 32.0 Å². The Morgan fingerprint density at radius 1 is 1.00 bits per heavy atom. The van der Waals surface area contributed by atoms with Crippen molar-refractivity contribution in [3.63, 3.8) is 0 Å². The number of likely N-dealkylation sites (N-methyl/N-ethyl adjacent to an activating group) is 1. The number of hydrogen-bond donors (Lipinski definition) is 1. The Kier molecular flexibility index (Phi) is 7.48. The smallest absolute Gasteiger partial charge is 0.243 e. The third kappa shape index (κ3) is 5.55. The molecule has 1 aromatic carbocycles. The van der Waals surface area contributed by atoms with Crippen molar-refractivity contribution in [3.05, 3.63) is 24.3 Å². The fraction of sp³-hybridized carbons (Fsp3) is 0.667. The molecule has 1 saturated carbocycles. The number of benzene rings is 1. The number of carbonyl (C=O) groups is 1. The summed E-state index contributed by atoms with van der Waals surface area (Å²) in [6.07, 6.45) is 10.3. The second kappa shape index (κ2) is 9.85. The van der Waals surface area contributed by atoms with Crippen LogP contribution >= 0.6 is 0 Å². The highest BCUT2D eigenvalue weighted by Crippen LogP contribution is 2.23. The maximum Gasteiger partial charge on any atom is 0.243 e. The summed E-state index contributed by atoms with van der Waals surface area (Å²) in [5.74, 6) is -0.0571. The minimum atomic E-state index is -3.43. The van der Waals surface area contributed by atoms with Gasteiger partial charge in [-0.25, -0.2) is 8.42 Å². The van der Waals surface area contributed by atoms with Crippen LogP contribution in [-0.4, -0.2) is 56.3 Å². The Balaban J connectivity index is 1.55. The van der Waals surface area contributed by atoms with Gasteiger partial charge in [0.1, 0.15) is 0 Å². The van der Waals surface area contributed by atoms with E-state index >= 15 is 0 Å². The summed E-state index contributed by atoms with van der Waals surface area (Å²) in [5, 5.41) is 2.90. The van der Waals surface area contributed by atoms with Gasteiger partial charge in [-0.2, -0.15) is 4.31 Å². The van der Waals surface area contributed by atoms with Crippen LogP contribution in [0.3, 0.4) is 0 Å². The van der Waals surface area contributed by atoms with Crippen molar-refractivity contribution in [3.8, 4) is 0 Å². The predicted octanol–water partition coefficient (Wildman–Crippen LogP) is 3.45. The summed E-state index contributed by atoms with van der Waals surface area (Å²) in [5.41, 5.74) is 0.636. The molecule has 156 valence electrons. The minimum absolute atomic E-state index is 0.0571. The molecule has 7 heteroatoms. The maximum absolute atomic E-state index is 12.7. The van der Waals surface area contributed by atoms with Gasteiger partial charge in [0.05, 0.1) is 11.4 Å². The number of nitrogens with zero attached hydrogens (tertiary/aromatic N) is 2. The molecular formula is C21H33N3O3S. The van der Waals surface area contributed by atoms with E-state index in [1.807, 2.05) is 7.05 Å². The zero-order valence-corrected chi connectivity index (χ0v) is 17.7. The number of nitrogens with one attached hydrogen (secondary N) is 1. The van der Waals surface area contributed by atoms with Gasteiger partial charge in [0.15, 0.2) is 0 Å². The molecule has 0 unspecified atom stereocenters. The highest BCUT2D eigenvalue weighted by Gasteiger charge is 2.26. The Hall–Kier alpha value is -1.44. The predicted molar refractivity (Wildman–Crippen MR) is 112 cm³/mol. The number of anilines is 1. The van der Waals surface area contributed by atoms with E-state index in [0.717, 1.165) is 32.1 Å². The normalized spacial score (nSPS) is 20.1. The number of sulfonamides is 1. The number of amides is 1. The molecular weight excluding hydrogens is 374 g/mol. The molecule has 1 amide bonds. The van der Waals surface area contributed by atoms with Gasteiger partial charge in [-0.1, -0.05) is 32.1 Å². The molecule has 3 rings (SSSR count). The van der Waals surface area contributed by atoms with E-state index in [0.29, 0.717) is 36.3 Å². The van der Waals surface area contributed by atoms with Crippen LogP contribution in [0.1, 0.15) is 57.8 Å². The summed E-state index contributed by atoms with van der Waals surface area (Å²) >= 11 is 0. The van der Waals surface area contributed by atoms with Gasteiger partial charge < -0.3 is 5.32 Å². The molecule has 0 radical (unpaired) electrons. The lowest BCUT2D eigenvalue weighted by Crippen LogP contribution is -2.37. The molecule has 0 spiro atoms. The lowest BCUT2D eigenvalue weighted by atomic mass is 10.1. The van der Waals surface area contributed by atoms with Gasteiger partial charge in [0, 0.05) is 24.8 Å². The largest absolute Gasteiger partial charge is 0.325 e. The van der Waals surface area contributed by atoms with Crippen molar-refractivity contribution in [1.82, 2.24) is 9.21 Å². The molecule has 1 aliphatic heterocycles. The van der Waals surface area contributed by atoms with E-state index in [1.54, 1.807) is 28.6 Å². The van der Waals surface area contributed by atoms with Crippen molar-refractivity contribution in [2.24, 2.45) is 0 Å². The van der Waals surface area contributed by atoms with E-state index in [4.69, 9.17) is 0 Å². The van der Waals surface area contributed by atoms with Gasteiger partial charge in [-0.05, 0) is 57.0 Å². The molecule has 1 heterocycles. The quantitative estimate of drug-likeness (QED) is 0.733. The zero-order valence-electron chi connectivity index (χ0n) is 16.9. The summed E-state index contributed by atoms with van der Waals surface area (Å²) < 4.78 is 27.0. The number of hydrogen-bond acceptors (Lipinski definition) is 4. The Bertz CT molecular complexity index is 735. The van der Waals surface area contributed by atoms with Crippen LogP contribution in [0.25, 0.3) is 0 Å². The fourth-order valence-electron chi connectivity index (χ4n) is 4.22. The van der Waals surface area contributed by atoms with Crippen LogP contribution in [0.4, 0.5) is 5.69 Å². The molecule has 0 aromatic heterocycles. The third-order valence-electron chi connectivity index (χ3n) is 5.93. The molecule has 6 nitrogen and oxygen atoms in total. The van der Waals surface area contributed by atoms with E-state index in [-0.39, 0.29) is 5.91 Å². The Morgan fingerprint density at radius 3 is 2.18 bits per heavy atom. The minimum Gasteiger partial charge on any atom is -0.325 e. The molecule has 2 aliphatic rings. The first-order chi connectivity index (χ1) is 13.5. The van der Waals surface area contributed by atoms with E-state index in [9.17, 15) is 13.2 Å². The Morgan fingerprint density at radius 2 is 1.57 bits per heavy atom. The molecule has 0 bridgehead atoms. The molecule has 1 aromatic rings. The Labute approximate surface area is 169 Å². The molecule has 1 saturated heterocycles. The molecule has 1 aliphatic carbocycles. The van der Waals surface area contributed by atoms with Crippen molar-refractivity contribution >= 4 is 21.6 Å². The monoisotopic (exact) mass is 407 g/mol. The van der Waals surface area contributed by atoms with Crippen LogP contribution in [0, 0.1) is 0 Å². The summed E-state index contributed by atoms with van der Waals surface area (Å²) in [7, 11) is -1.41. The first-order valence-corrected chi connectivity index (χ1v) is 12.0. The van der Waals surface area contributed by atoms with E-state index < -0.39 is 10.0 Å².